The summed E-state index contributed by atoms with van der Waals surface area (Å²) < 4.78 is 0. The molecule has 0 aliphatic heterocycles. The van der Waals surface area contributed by atoms with E-state index in [1.54, 1.807) is 0 Å². The minimum atomic E-state index is -1.79. The summed E-state index contributed by atoms with van der Waals surface area (Å²) in [6.07, 6.45) is -10.0. The first-order valence-corrected chi connectivity index (χ1v) is 6.06. The fraction of sp³-hybridized carbons (Fsp3) is 0.818. The molecule has 4 unspecified atom stereocenters. The third kappa shape index (κ3) is 8.43. The van der Waals surface area contributed by atoms with Crippen LogP contribution in [0.1, 0.15) is 0 Å². The third-order valence-corrected chi connectivity index (χ3v) is 2.46. The summed E-state index contributed by atoms with van der Waals surface area (Å²) >= 11 is 0. The third-order valence-electron chi connectivity index (χ3n) is 2.46. The summed E-state index contributed by atoms with van der Waals surface area (Å²) in [6, 6.07) is 0. The zero-order valence-electron chi connectivity index (χ0n) is 11.5. The molecule has 0 aliphatic rings. The monoisotopic (exact) mass is 330 g/mol. The van der Waals surface area contributed by atoms with Crippen molar-refractivity contribution in [1.29, 1.82) is 0 Å². The van der Waals surface area contributed by atoms with Crippen molar-refractivity contribution in [1.82, 2.24) is 0 Å². The van der Waals surface area contributed by atoms with Gasteiger partial charge in [-0.25, -0.2) is 0 Å². The van der Waals surface area contributed by atoms with Crippen LogP contribution in [-0.4, -0.2) is 114 Å². The zero-order valence-corrected chi connectivity index (χ0v) is 11.5. The molecule has 0 radical (unpaired) electrons. The fourth-order valence-corrected chi connectivity index (χ4v) is 1.03. The molecule has 0 aliphatic carbocycles. The average Bonchev–Trinajstić information content (AvgIpc) is 2.56. The van der Waals surface area contributed by atoms with E-state index >= 15 is 0 Å². The molecule has 0 amide bonds. The highest BCUT2D eigenvalue weighted by Crippen LogP contribution is 2.02. The van der Waals surface area contributed by atoms with Crippen LogP contribution in [0.4, 0.5) is 0 Å². The van der Waals surface area contributed by atoms with Crippen molar-refractivity contribution in [2.45, 2.75) is 36.6 Å². The van der Waals surface area contributed by atoms with E-state index in [9.17, 15) is 9.59 Å². The van der Waals surface area contributed by atoms with Crippen molar-refractivity contribution in [2.24, 2.45) is 0 Å². The molecule has 0 heterocycles. The molecule has 11 heteroatoms. The Bertz CT molecular complexity index is 310. The van der Waals surface area contributed by atoms with Crippen LogP contribution in [0.5, 0.6) is 0 Å². The predicted octanol–water partition coefficient (Wildman–Crippen LogP) is -6.12. The van der Waals surface area contributed by atoms with Crippen LogP contribution >= 0.6 is 0 Å². The lowest BCUT2D eigenvalue weighted by molar-refractivity contribution is -0.137. The molecule has 0 aromatic rings. The molecule has 6 atom stereocenters. The standard InChI is InChI=1S/C6H12O6.C5H10O5/c7-1-3(9)5(11)6(12)4(10)2-8;6-1-3(8)5(10)4(9)2-7/h1,3-6,8-12H,2H2;3,5-8,10H,1-2H2/t;3-,5+/m.0/s1. The fourth-order valence-electron chi connectivity index (χ4n) is 1.03. The van der Waals surface area contributed by atoms with Crippen LogP contribution < -0.4 is 0 Å². The molecule has 9 N–H and O–H groups in total. The average molecular weight is 330 g/mol. The summed E-state index contributed by atoms with van der Waals surface area (Å²) in [4.78, 5) is 20.2. The molecule has 0 aromatic heterocycles. The summed E-state index contributed by atoms with van der Waals surface area (Å²) in [7, 11) is 0. The SMILES string of the molecule is O=C(CO)[C@H](O)[C@@H](O)CO.O=CC(O)C(O)C(O)C(O)CO. The van der Waals surface area contributed by atoms with Crippen LogP contribution in [0.25, 0.3) is 0 Å². The van der Waals surface area contributed by atoms with Gasteiger partial charge in [-0.1, -0.05) is 0 Å². The van der Waals surface area contributed by atoms with Gasteiger partial charge in [0.2, 0.25) is 0 Å². The topological polar surface area (TPSA) is 216 Å². The van der Waals surface area contributed by atoms with E-state index in [2.05, 4.69) is 0 Å². The molecule has 132 valence electrons. The number of rotatable bonds is 9. The number of aldehydes is 1. The smallest absolute Gasteiger partial charge is 0.189 e. The lowest BCUT2D eigenvalue weighted by Gasteiger charge is -2.22. The first-order chi connectivity index (χ1) is 10.2. The van der Waals surface area contributed by atoms with Crippen LogP contribution in [0.3, 0.4) is 0 Å². The normalized spacial score (nSPS) is 19.0. The zero-order chi connectivity index (χ0) is 17.9. The number of carbonyl (C=O) groups excluding carboxylic acids is 2. The number of hydrogen-bond donors (Lipinski definition) is 9. The van der Waals surface area contributed by atoms with Crippen LogP contribution in [0.2, 0.25) is 0 Å². The minimum Gasteiger partial charge on any atom is -0.394 e. The first-order valence-electron chi connectivity index (χ1n) is 6.06. The molecular weight excluding hydrogens is 308 g/mol. The van der Waals surface area contributed by atoms with Crippen LogP contribution in [-0.2, 0) is 9.59 Å². The highest BCUT2D eigenvalue weighted by molar-refractivity contribution is 5.84. The maximum absolute atomic E-state index is 10.3. The number of carbonyl (C=O) groups is 2. The Morgan fingerprint density at radius 2 is 1.27 bits per heavy atom. The van der Waals surface area contributed by atoms with Crippen molar-refractivity contribution in [2.75, 3.05) is 19.8 Å². The second-order valence-corrected chi connectivity index (χ2v) is 4.18. The van der Waals surface area contributed by atoms with Gasteiger partial charge in [0, 0.05) is 0 Å². The van der Waals surface area contributed by atoms with Crippen LogP contribution in [0, 0.1) is 0 Å². The van der Waals surface area contributed by atoms with E-state index in [1.165, 1.54) is 0 Å². The second-order valence-electron chi connectivity index (χ2n) is 4.18. The molecule has 22 heavy (non-hydrogen) atoms. The van der Waals surface area contributed by atoms with Crippen molar-refractivity contribution in [3.63, 3.8) is 0 Å². The van der Waals surface area contributed by atoms with Crippen molar-refractivity contribution < 1.29 is 55.5 Å². The summed E-state index contributed by atoms with van der Waals surface area (Å²) in [5.74, 6) is -0.901. The highest BCUT2D eigenvalue weighted by Gasteiger charge is 2.29. The second kappa shape index (κ2) is 12.5. The molecule has 0 fully saturated rings. The van der Waals surface area contributed by atoms with Gasteiger partial charge in [0.25, 0.3) is 0 Å². The van der Waals surface area contributed by atoms with Gasteiger partial charge < -0.3 is 50.8 Å². The molecule has 0 spiro atoms. The Morgan fingerprint density at radius 3 is 1.59 bits per heavy atom. The van der Waals surface area contributed by atoms with Gasteiger partial charge in [-0.3, -0.25) is 4.79 Å². The van der Waals surface area contributed by atoms with Gasteiger partial charge in [-0.15, -0.1) is 0 Å². The Labute approximate surface area is 125 Å². The van der Waals surface area contributed by atoms with Crippen molar-refractivity contribution >= 4 is 12.1 Å². The minimum absolute atomic E-state index is 0.0258. The Hall–Kier alpha value is -1.02. The Morgan fingerprint density at radius 1 is 0.818 bits per heavy atom. The summed E-state index contributed by atoms with van der Waals surface area (Å²) in [6.45, 7) is -2.30. The molecule has 0 rings (SSSR count). The molecule has 0 bridgehead atoms. The van der Waals surface area contributed by atoms with Gasteiger partial charge >= 0.3 is 0 Å². The van der Waals surface area contributed by atoms with Gasteiger partial charge in [0.1, 0.15) is 43.2 Å². The number of Topliss-reactive ketones (excluding diaryl/α,β-unsaturated/α-hetero) is 1. The van der Waals surface area contributed by atoms with Gasteiger partial charge in [-0.05, 0) is 0 Å². The van der Waals surface area contributed by atoms with Gasteiger partial charge in [-0.2, -0.15) is 0 Å². The van der Waals surface area contributed by atoms with E-state index in [1.807, 2.05) is 0 Å². The summed E-state index contributed by atoms with van der Waals surface area (Å²) in [5.41, 5.74) is 0. The quantitative estimate of drug-likeness (QED) is 0.181. The maximum Gasteiger partial charge on any atom is 0.189 e. The van der Waals surface area contributed by atoms with Gasteiger partial charge in [0.05, 0.1) is 13.2 Å². The lowest BCUT2D eigenvalue weighted by atomic mass is 10.0. The molecule has 11 nitrogen and oxygen atoms in total. The maximum atomic E-state index is 10.3. The molecule has 0 saturated carbocycles. The van der Waals surface area contributed by atoms with Gasteiger partial charge in [0.15, 0.2) is 12.1 Å². The van der Waals surface area contributed by atoms with E-state index in [-0.39, 0.29) is 6.29 Å². The Balaban J connectivity index is 0. The number of hydrogen-bond acceptors (Lipinski definition) is 11. The molecule has 0 aromatic carbocycles. The lowest BCUT2D eigenvalue weighted by Crippen LogP contribution is -2.46. The number of aliphatic hydroxyl groups is 9. The van der Waals surface area contributed by atoms with Crippen molar-refractivity contribution in [3.8, 4) is 0 Å². The van der Waals surface area contributed by atoms with E-state index < -0.39 is 62.2 Å². The van der Waals surface area contributed by atoms with Crippen LogP contribution in [0.15, 0.2) is 0 Å². The van der Waals surface area contributed by atoms with E-state index in [0.717, 1.165) is 0 Å². The molecular formula is C11H22O11. The largest absolute Gasteiger partial charge is 0.394 e. The Kier molecular flexibility index (Phi) is 13.2. The van der Waals surface area contributed by atoms with Crippen molar-refractivity contribution in [3.05, 3.63) is 0 Å². The highest BCUT2D eigenvalue weighted by atomic mass is 16.4. The first kappa shape index (κ1) is 23.2. The predicted molar refractivity (Wildman–Crippen MR) is 68.4 cm³/mol. The molecule has 0 saturated heterocycles. The number of aliphatic hydroxyl groups excluding tert-OH is 9. The van der Waals surface area contributed by atoms with E-state index in [4.69, 9.17) is 46.0 Å². The van der Waals surface area contributed by atoms with E-state index in [0.29, 0.717) is 0 Å². The summed E-state index contributed by atoms with van der Waals surface area (Å²) in [5, 5.41) is 77.2. The number of ketones is 1.